The number of ether oxygens (including phenoxy) is 1. The van der Waals surface area contributed by atoms with E-state index >= 15 is 0 Å². The molecular formula is C17H22ClFN2O3. The maximum atomic E-state index is 13.6. The zero-order valence-electron chi connectivity index (χ0n) is 13.9. The van der Waals surface area contributed by atoms with Crippen molar-refractivity contribution in [2.45, 2.75) is 31.3 Å². The number of nitrogens with one attached hydrogen (secondary N) is 1. The third kappa shape index (κ3) is 4.05. The number of rotatable bonds is 5. The third-order valence-corrected chi connectivity index (χ3v) is 4.91. The summed E-state index contributed by atoms with van der Waals surface area (Å²) in [4.78, 5) is 25.9. The minimum absolute atomic E-state index is 0.0666. The first-order valence-corrected chi connectivity index (χ1v) is 8.29. The van der Waals surface area contributed by atoms with Crippen LogP contribution in [0, 0.1) is 5.82 Å². The number of piperidine rings is 1. The van der Waals surface area contributed by atoms with Crippen LogP contribution in [0.5, 0.6) is 0 Å². The Labute approximate surface area is 146 Å². The molecule has 1 aliphatic heterocycles. The first kappa shape index (κ1) is 18.7. The zero-order valence-corrected chi connectivity index (χ0v) is 14.7. The second kappa shape index (κ2) is 7.94. The van der Waals surface area contributed by atoms with Crippen LogP contribution in [0.2, 0.25) is 5.02 Å². The number of halogens is 2. The Kier molecular flexibility index (Phi) is 6.18. The number of carbonyl (C=O) groups is 2. The zero-order chi connectivity index (χ0) is 17.7. The van der Waals surface area contributed by atoms with Gasteiger partial charge in [0.25, 0.3) is 5.91 Å². The molecule has 1 aromatic carbocycles. The molecule has 1 N–H and O–H groups in total. The molecule has 24 heavy (non-hydrogen) atoms. The van der Waals surface area contributed by atoms with Gasteiger partial charge in [-0.2, -0.15) is 0 Å². The molecule has 2 rings (SSSR count). The van der Waals surface area contributed by atoms with Crippen molar-refractivity contribution < 1.29 is 18.7 Å². The van der Waals surface area contributed by atoms with Crippen molar-refractivity contribution in [3.8, 4) is 0 Å². The molecule has 7 heteroatoms. The van der Waals surface area contributed by atoms with Crippen molar-refractivity contribution in [2.24, 2.45) is 0 Å². The predicted molar refractivity (Wildman–Crippen MR) is 89.6 cm³/mol. The van der Waals surface area contributed by atoms with Crippen molar-refractivity contribution in [1.29, 1.82) is 0 Å². The minimum Gasteiger partial charge on any atom is -0.376 e. The molecular weight excluding hydrogens is 335 g/mol. The van der Waals surface area contributed by atoms with Crippen LogP contribution in [0.15, 0.2) is 18.2 Å². The van der Waals surface area contributed by atoms with Crippen molar-refractivity contribution in [3.05, 3.63) is 34.6 Å². The smallest absolute Gasteiger partial charge is 0.255 e. The Balaban J connectivity index is 2.15. The van der Waals surface area contributed by atoms with Gasteiger partial charge in [0.05, 0.1) is 16.2 Å². The second-order valence-electron chi connectivity index (χ2n) is 5.99. The highest BCUT2D eigenvalue weighted by Gasteiger charge is 2.38. The van der Waals surface area contributed by atoms with E-state index in [9.17, 15) is 14.0 Å². The Hall–Kier alpha value is -1.66. The highest BCUT2D eigenvalue weighted by Crippen LogP contribution is 2.31. The van der Waals surface area contributed by atoms with Crippen molar-refractivity contribution in [1.82, 2.24) is 10.2 Å². The molecule has 0 aromatic heterocycles. The number of hydrogen-bond acceptors (Lipinski definition) is 3. The van der Waals surface area contributed by atoms with Crippen LogP contribution in [0.3, 0.4) is 0 Å². The molecule has 1 fully saturated rings. The van der Waals surface area contributed by atoms with Crippen LogP contribution in [0.25, 0.3) is 0 Å². The number of benzene rings is 1. The maximum Gasteiger partial charge on any atom is 0.255 e. The lowest BCUT2D eigenvalue weighted by atomic mass is 9.87. The number of amides is 2. The van der Waals surface area contributed by atoms with Crippen LogP contribution in [0.1, 0.15) is 36.0 Å². The van der Waals surface area contributed by atoms with Gasteiger partial charge in [-0.3, -0.25) is 9.59 Å². The first-order valence-electron chi connectivity index (χ1n) is 7.91. The molecule has 1 heterocycles. The molecule has 1 atom stereocenters. The standard InChI is InChI=1S/C17H22ClFN2O3/c1-20-14(22)7-9-17(24-2)8-4-10-21(11-17)16(23)12-5-3-6-13(19)15(12)18/h3,5-6H,4,7-11H2,1-2H3,(H,20,22). The molecule has 0 saturated carbocycles. The summed E-state index contributed by atoms with van der Waals surface area (Å²) in [6.45, 7) is 0.906. The van der Waals surface area contributed by atoms with Gasteiger partial charge in [-0.15, -0.1) is 0 Å². The fourth-order valence-electron chi connectivity index (χ4n) is 3.05. The maximum absolute atomic E-state index is 13.6. The molecule has 0 radical (unpaired) electrons. The summed E-state index contributed by atoms with van der Waals surface area (Å²) in [5.74, 6) is -0.999. The fourth-order valence-corrected chi connectivity index (χ4v) is 3.26. The molecule has 0 spiro atoms. The first-order chi connectivity index (χ1) is 11.4. The lowest BCUT2D eigenvalue weighted by Gasteiger charge is -2.42. The Morgan fingerprint density at radius 1 is 1.46 bits per heavy atom. The number of hydrogen-bond donors (Lipinski definition) is 1. The largest absolute Gasteiger partial charge is 0.376 e. The molecule has 0 bridgehead atoms. The van der Waals surface area contributed by atoms with Gasteiger partial charge in [-0.05, 0) is 31.4 Å². The summed E-state index contributed by atoms with van der Waals surface area (Å²) in [6.07, 6.45) is 2.36. The van der Waals surface area contributed by atoms with Gasteiger partial charge in [0.1, 0.15) is 5.82 Å². The second-order valence-corrected chi connectivity index (χ2v) is 6.37. The molecule has 1 aliphatic rings. The molecule has 0 aliphatic carbocycles. The van der Waals surface area contributed by atoms with Gasteiger partial charge >= 0.3 is 0 Å². The Bertz CT molecular complexity index is 626. The summed E-state index contributed by atoms with van der Waals surface area (Å²) in [6, 6.07) is 4.20. The van der Waals surface area contributed by atoms with Crippen molar-refractivity contribution in [3.63, 3.8) is 0 Å². The van der Waals surface area contributed by atoms with Gasteiger partial charge in [-0.25, -0.2) is 4.39 Å². The van der Waals surface area contributed by atoms with Crippen LogP contribution in [-0.2, 0) is 9.53 Å². The van der Waals surface area contributed by atoms with Gasteiger partial charge in [0, 0.05) is 33.7 Å². The van der Waals surface area contributed by atoms with Gasteiger partial charge in [-0.1, -0.05) is 17.7 Å². The van der Waals surface area contributed by atoms with E-state index in [1.54, 1.807) is 19.1 Å². The van der Waals surface area contributed by atoms with Crippen LogP contribution < -0.4 is 5.32 Å². The van der Waals surface area contributed by atoms with E-state index in [1.807, 2.05) is 0 Å². The summed E-state index contributed by atoms with van der Waals surface area (Å²) >= 11 is 5.93. The van der Waals surface area contributed by atoms with E-state index < -0.39 is 11.4 Å². The normalized spacial score (nSPS) is 20.8. The summed E-state index contributed by atoms with van der Waals surface area (Å²) in [5.41, 5.74) is -0.421. The van der Waals surface area contributed by atoms with Crippen LogP contribution >= 0.6 is 11.6 Å². The lowest BCUT2D eigenvalue weighted by Crippen LogP contribution is -2.51. The Morgan fingerprint density at radius 2 is 2.21 bits per heavy atom. The predicted octanol–water partition coefficient (Wildman–Crippen LogP) is 2.63. The van der Waals surface area contributed by atoms with Gasteiger partial charge in [0.15, 0.2) is 0 Å². The summed E-state index contributed by atoms with van der Waals surface area (Å²) in [7, 11) is 3.18. The highest BCUT2D eigenvalue weighted by molar-refractivity contribution is 6.34. The summed E-state index contributed by atoms with van der Waals surface area (Å²) < 4.78 is 19.3. The lowest BCUT2D eigenvalue weighted by molar-refractivity contribution is -0.123. The molecule has 132 valence electrons. The number of likely N-dealkylation sites (tertiary alicyclic amines) is 1. The average molecular weight is 357 g/mol. The number of methoxy groups -OCH3 is 1. The van der Waals surface area contributed by atoms with Crippen molar-refractivity contribution in [2.75, 3.05) is 27.2 Å². The summed E-state index contributed by atoms with van der Waals surface area (Å²) in [5, 5.41) is 2.42. The quantitative estimate of drug-likeness (QED) is 0.882. The highest BCUT2D eigenvalue weighted by atomic mass is 35.5. The average Bonchev–Trinajstić information content (AvgIpc) is 2.61. The third-order valence-electron chi connectivity index (χ3n) is 4.53. The number of nitrogens with zero attached hydrogens (tertiary/aromatic N) is 1. The van der Waals surface area contributed by atoms with E-state index in [-0.39, 0.29) is 22.4 Å². The van der Waals surface area contributed by atoms with Gasteiger partial charge < -0.3 is 15.0 Å². The van der Waals surface area contributed by atoms with E-state index in [2.05, 4.69) is 5.32 Å². The number of carbonyl (C=O) groups excluding carboxylic acids is 2. The van der Waals surface area contributed by atoms with Gasteiger partial charge in [0.2, 0.25) is 5.91 Å². The van der Waals surface area contributed by atoms with E-state index in [4.69, 9.17) is 16.3 Å². The molecule has 1 saturated heterocycles. The topological polar surface area (TPSA) is 58.6 Å². The monoisotopic (exact) mass is 356 g/mol. The van der Waals surface area contributed by atoms with E-state index in [1.165, 1.54) is 18.2 Å². The van der Waals surface area contributed by atoms with Crippen LogP contribution in [0.4, 0.5) is 4.39 Å². The molecule has 1 aromatic rings. The fraction of sp³-hybridized carbons (Fsp3) is 0.529. The Morgan fingerprint density at radius 3 is 2.88 bits per heavy atom. The van der Waals surface area contributed by atoms with E-state index in [0.29, 0.717) is 25.9 Å². The SMILES string of the molecule is CNC(=O)CCC1(OC)CCCN(C(=O)c2cccc(F)c2Cl)C1. The minimum atomic E-state index is -0.614. The van der Waals surface area contributed by atoms with Crippen molar-refractivity contribution >= 4 is 23.4 Å². The van der Waals surface area contributed by atoms with E-state index in [0.717, 1.165) is 12.8 Å². The van der Waals surface area contributed by atoms with Crippen LogP contribution in [-0.4, -0.2) is 49.6 Å². The molecule has 2 amide bonds. The molecule has 1 unspecified atom stereocenters. The molecule has 5 nitrogen and oxygen atoms in total.